The molecule has 0 fully saturated rings. The molecule has 15 aromatic carbocycles. The van der Waals surface area contributed by atoms with E-state index in [9.17, 15) is 0 Å². The van der Waals surface area contributed by atoms with Crippen LogP contribution in [0.15, 0.2) is 315 Å². The van der Waals surface area contributed by atoms with Crippen LogP contribution in [0.3, 0.4) is 0 Å². The third-order valence-electron chi connectivity index (χ3n) is 24.3. The van der Waals surface area contributed by atoms with Gasteiger partial charge in [0, 0.05) is 82.3 Å². The van der Waals surface area contributed by atoms with E-state index in [-0.39, 0.29) is 32.5 Å². The number of benzene rings is 15. The van der Waals surface area contributed by atoms with Gasteiger partial charge in [-0.15, -0.1) is 0 Å². The molecule has 0 aliphatic heterocycles. The second-order valence-corrected chi connectivity index (χ2v) is 38.4. The number of fused-ring (bicyclic) bond motifs is 11. The number of hydrogen-bond donors (Lipinski definition) is 0. The maximum atomic E-state index is 2.53. The van der Waals surface area contributed by atoms with Crippen molar-refractivity contribution in [3.63, 3.8) is 0 Å². The molecule has 3 heterocycles. The van der Waals surface area contributed by atoms with Gasteiger partial charge in [0.25, 0.3) is 0 Å². The third kappa shape index (κ3) is 13.2. The molecule has 0 amide bonds. The molecule has 0 radical (unpaired) electrons. The van der Waals surface area contributed by atoms with Gasteiger partial charge < -0.3 is 28.4 Å². The van der Waals surface area contributed by atoms with Crippen LogP contribution >= 0.6 is 0 Å². The summed E-state index contributed by atoms with van der Waals surface area (Å²) < 4.78 is 7.52. The standard InChI is InChI=1S/C110H106N6/c1-105(2,3)71-42-52-99-89(62-71)90-63-72(106(4,5)6)43-53-100(90)114(99)81-50-48-80(49-51-81)111(77-32-22-19-23-33-77)82-68-83(112(78-34-24-20-25-35-78)95-58-60-97(87-40-30-28-38-85(87)95)115-101-54-44-73(107(7,8)9)64-91(101)92-65-74(108(10,11)12)45-55-102(92)115)70-84(69-82)113(79-36-26-21-27-37-79)96-59-61-98(88-41-31-29-39-86(88)96)116-103-56-46-75(109(13,14)15)66-93(103)94-67-76(110(16,17)18)47-57-104(94)116/h19-70H,1-18H3. The summed E-state index contributed by atoms with van der Waals surface area (Å²) in [6.45, 7) is 41.7. The second-order valence-electron chi connectivity index (χ2n) is 38.4. The minimum absolute atomic E-state index is 0.0250. The molecule has 576 valence electrons. The molecule has 6 nitrogen and oxygen atoms in total. The predicted octanol–water partition coefficient (Wildman–Crippen LogP) is 31.5. The smallest absolute Gasteiger partial charge is 0.0542 e. The Morgan fingerprint density at radius 3 is 0.681 bits per heavy atom. The molecule has 0 atom stereocenters. The van der Waals surface area contributed by atoms with Crippen molar-refractivity contribution in [2.45, 2.75) is 157 Å². The highest BCUT2D eigenvalue weighted by Crippen LogP contribution is 2.52. The highest BCUT2D eigenvalue weighted by Gasteiger charge is 2.31. The lowest BCUT2D eigenvalue weighted by atomic mass is 9.85. The molecule has 0 aliphatic rings. The molecule has 18 aromatic rings. The second kappa shape index (κ2) is 27.7. The Bertz CT molecular complexity index is 6360. The summed E-state index contributed by atoms with van der Waals surface area (Å²) in [4.78, 5) is 7.47. The molecular formula is C110H106N6. The van der Waals surface area contributed by atoms with Gasteiger partial charge in [-0.1, -0.05) is 264 Å². The van der Waals surface area contributed by atoms with Crippen molar-refractivity contribution in [2.75, 3.05) is 14.7 Å². The maximum absolute atomic E-state index is 2.53. The van der Waals surface area contributed by atoms with E-state index in [1.54, 1.807) is 0 Å². The fourth-order valence-electron chi connectivity index (χ4n) is 17.7. The van der Waals surface area contributed by atoms with Gasteiger partial charge in [-0.25, -0.2) is 0 Å². The predicted molar refractivity (Wildman–Crippen MR) is 501 cm³/mol. The molecule has 0 spiro atoms. The zero-order valence-electron chi connectivity index (χ0n) is 70.7. The van der Waals surface area contributed by atoms with Gasteiger partial charge in [0.1, 0.15) is 0 Å². The number of nitrogens with zero attached hydrogens (tertiary/aromatic N) is 6. The molecular weight excluding hydrogens is 1410 g/mol. The van der Waals surface area contributed by atoms with Crippen LogP contribution in [0.4, 0.5) is 51.2 Å². The molecule has 0 aliphatic carbocycles. The molecule has 0 N–H and O–H groups in total. The van der Waals surface area contributed by atoms with Gasteiger partial charge in [0.15, 0.2) is 0 Å². The van der Waals surface area contributed by atoms with Crippen LogP contribution in [0, 0.1) is 0 Å². The summed E-state index contributed by atoms with van der Waals surface area (Å²) in [6, 6.07) is 120. The van der Waals surface area contributed by atoms with E-state index in [1.807, 2.05) is 0 Å². The Labute approximate surface area is 685 Å². The van der Waals surface area contributed by atoms with Crippen LogP contribution in [0.2, 0.25) is 0 Å². The molecule has 6 heteroatoms. The molecule has 0 saturated heterocycles. The van der Waals surface area contributed by atoms with Crippen molar-refractivity contribution < 1.29 is 0 Å². The van der Waals surface area contributed by atoms with Gasteiger partial charge >= 0.3 is 0 Å². The first kappa shape index (κ1) is 75.0. The average Bonchev–Trinajstić information content (AvgIpc) is 1.68. The van der Waals surface area contributed by atoms with Crippen LogP contribution in [0.25, 0.3) is 104 Å². The minimum atomic E-state index is -0.0400. The highest BCUT2D eigenvalue weighted by molar-refractivity contribution is 6.15. The van der Waals surface area contributed by atoms with Crippen LogP contribution in [-0.4, -0.2) is 13.7 Å². The SMILES string of the molecule is CC(C)(C)c1ccc2c(c1)c1cc(C(C)(C)C)ccc1n2-c1ccc(N(c2ccccc2)c2cc(N(c3ccccc3)c3ccc(-n4c5ccc(C(C)(C)C)cc5c5cc(C(C)(C)C)ccc54)c4ccccc34)cc(N(c3ccccc3)c3ccc(-n4c5ccc(C(C)(C)C)cc5c5cc(C(C)(C)C)ccc54)c4ccccc34)c2)cc1. The van der Waals surface area contributed by atoms with Gasteiger partial charge in [0.2, 0.25) is 0 Å². The molecule has 0 bridgehead atoms. The number of aromatic nitrogens is 3. The van der Waals surface area contributed by atoms with Gasteiger partial charge in [-0.05, 0) is 242 Å². The van der Waals surface area contributed by atoms with E-state index >= 15 is 0 Å². The Morgan fingerprint density at radius 1 is 0.172 bits per heavy atom. The van der Waals surface area contributed by atoms with Crippen molar-refractivity contribution in [1.82, 2.24) is 13.7 Å². The van der Waals surface area contributed by atoms with Gasteiger partial charge in [-0.2, -0.15) is 0 Å². The van der Waals surface area contributed by atoms with Crippen LogP contribution in [-0.2, 0) is 32.5 Å². The van der Waals surface area contributed by atoms with E-state index in [0.717, 1.165) is 89.8 Å². The lowest BCUT2D eigenvalue weighted by Crippen LogP contribution is -2.17. The van der Waals surface area contributed by atoms with E-state index < -0.39 is 0 Å². The Morgan fingerprint density at radius 2 is 0.405 bits per heavy atom. The quantitative estimate of drug-likeness (QED) is 0.122. The van der Waals surface area contributed by atoms with E-state index in [0.29, 0.717) is 0 Å². The summed E-state index contributed by atoms with van der Waals surface area (Å²) in [7, 11) is 0. The number of rotatable bonds is 12. The molecule has 116 heavy (non-hydrogen) atoms. The maximum Gasteiger partial charge on any atom is 0.0542 e. The molecule has 0 saturated carbocycles. The van der Waals surface area contributed by atoms with Gasteiger partial charge in [-0.3, -0.25) is 0 Å². The molecule has 18 rings (SSSR count). The summed E-state index contributed by atoms with van der Waals surface area (Å²) in [6.07, 6.45) is 0. The number of para-hydroxylation sites is 3. The minimum Gasteiger partial charge on any atom is -0.310 e. The Hall–Kier alpha value is -12.4. The largest absolute Gasteiger partial charge is 0.310 e. The number of hydrogen-bond acceptors (Lipinski definition) is 3. The first-order chi connectivity index (χ1) is 55.3. The highest BCUT2D eigenvalue weighted by atomic mass is 15.2. The third-order valence-corrected chi connectivity index (χ3v) is 24.3. The topological polar surface area (TPSA) is 24.5 Å². The Kier molecular flexibility index (Phi) is 17.9. The van der Waals surface area contributed by atoms with E-state index in [1.165, 1.54) is 98.8 Å². The van der Waals surface area contributed by atoms with Crippen LogP contribution in [0.5, 0.6) is 0 Å². The fourth-order valence-corrected chi connectivity index (χ4v) is 17.7. The van der Waals surface area contributed by atoms with Crippen molar-refractivity contribution in [3.05, 3.63) is 349 Å². The van der Waals surface area contributed by atoms with E-state index in [2.05, 4.69) is 468 Å². The first-order valence-corrected chi connectivity index (χ1v) is 41.5. The monoisotopic (exact) mass is 1510 g/mol. The van der Waals surface area contributed by atoms with Crippen molar-refractivity contribution in [1.29, 1.82) is 0 Å². The first-order valence-electron chi connectivity index (χ1n) is 41.5. The van der Waals surface area contributed by atoms with Gasteiger partial charge in [0.05, 0.1) is 72.9 Å². The molecule has 3 aromatic heterocycles. The summed E-state index contributed by atoms with van der Waals surface area (Å²) in [5.41, 5.74) is 27.3. The summed E-state index contributed by atoms with van der Waals surface area (Å²) in [5, 5.41) is 12.1. The Balaban J connectivity index is 0.889. The van der Waals surface area contributed by atoms with Crippen LogP contribution < -0.4 is 14.7 Å². The van der Waals surface area contributed by atoms with Crippen molar-refractivity contribution in [2.24, 2.45) is 0 Å². The van der Waals surface area contributed by atoms with E-state index in [4.69, 9.17) is 0 Å². The average molecular weight is 1510 g/mol. The number of anilines is 9. The lowest BCUT2D eigenvalue weighted by Gasteiger charge is -2.34. The fraction of sp³-hybridized carbons (Fsp3) is 0.218. The van der Waals surface area contributed by atoms with Crippen LogP contribution in [0.1, 0.15) is 158 Å². The lowest BCUT2D eigenvalue weighted by molar-refractivity contribution is 0.590. The summed E-state index contributed by atoms with van der Waals surface area (Å²) in [5.74, 6) is 0. The van der Waals surface area contributed by atoms with Crippen molar-refractivity contribution in [3.8, 4) is 17.1 Å². The molecule has 0 unspecified atom stereocenters. The summed E-state index contributed by atoms with van der Waals surface area (Å²) >= 11 is 0. The normalized spacial score (nSPS) is 12.7. The zero-order chi connectivity index (χ0) is 80.9. The zero-order valence-corrected chi connectivity index (χ0v) is 70.7. The van der Waals surface area contributed by atoms with Crippen molar-refractivity contribution >= 4 is 138 Å².